The van der Waals surface area contributed by atoms with Crippen LogP contribution in [0.2, 0.25) is 0 Å². The second-order valence-electron chi connectivity index (χ2n) is 4.94. The van der Waals surface area contributed by atoms with Crippen molar-refractivity contribution in [3.8, 4) is 0 Å². The molecule has 0 amide bonds. The van der Waals surface area contributed by atoms with E-state index in [1.54, 1.807) is 0 Å². The summed E-state index contributed by atoms with van der Waals surface area (Å²) in [5.74, 6) is 2.52. The molecule has 1 aromatic heterocycles. The van der Waals surface area contributed by atoms with Crippen LogP contribution in [0.25, 0.3) is 10.1 Å². The average Bonchev–Trinajstić information content (AvgIpc) is 2.69. The molecule has 1 unspecified atom stereocenters. The van der Waals surface area contributed by atoms with Crippen molar-refractivity contribution in [1.29, 1.82) is 0 Å². The Morgan fingerprint density at radius 2 is 2.11 bits per heavy atom. The molecule has 0 saturated carbocycles. The van der Waals surface area contributed by atoms with Crippen LogP contribution in [-0.4, -0.2) is 36.0 Å². The Balaban J connectivity index is 1.92. The fourth-order valence-electron chi connectivity index (χ4n) is 2.81. The van der Waals surface area contributed by atoms with Gasteiger partial charge in [0.05, 0.1) is 0 Å². The number of thiophene rings is 1. The first-order valence-electron chi connectivity index (χ1n) is 6.88. The van der Waals surface area contributed by atoms with Crippen LogP contribution in [0.1, 0.15) is 18.0 Å². The minimum atomic E-state index is 0.384. The molecule has 1 aliphatic heterocycles. The van der Waals surface area contributed by atoms with Crippen LogP contribution < -0.4 is 5.73 Å². The third kappa shape index (κ3) is 2.82. The predicted molar refractivity (Wildman–Crippen MR) is 87.1 cm³/mol. The van der Waals surface area contributed by atoms with Gasteiger partial charge in [-0.25, -0.2) is 0 Å². The molecule has 0 spiro atoms. The van der Waals surface area contributed by atoms with Crippen molar-refractivity contribution >= 4 is 33.2 Å². The number of benzene rings is 1. The number of rotatable bonds is 3. The third-order valence-corrected chi connectivity index (χ3v) is 5.82. The number of hydrogen-bond donors (Lipinski definition) is 1. The van der Waals surface area contributed by atoms with E-state index in [1.165, 1.54) is 40.1 Å². The van der Waals surface area contributed by atoms with Crippen LogP contribution in [-0.2, 0) is 0 Å². The summed E-state index contributed by atoms with van der Waals surface area (Å²) in [6.45, 7) is 3.06. The molecule has 1 fully saturated rings. The van der Waals surface area contributed by atoms with Gasteiger partial charge in [-0.1, -0.05) is 18.2 Å². The molecular weight excluding hydrogens is 272 g/mol. The van der Waals surface area contributed by atoms with Gasteiger partial charge >= 0.3 is 0 Å². The number of nitrogens with two attached hydrogens (primary N) is 1. The molecule has 0 aliphatic carbocycles. The average molecular weight is 292 g/mol. The molecule has 2 N–H and O–H groups in total. The van der Waals surface area contributed by atoms with Gasteiger partial charge in [0.1, 0.15) is 0 Å². The molecule has 2 heterocycles. The van der Waals surface area contributed by atoms with Crippen molar-refractivity contribution in [2.24, 2.45) is 5.73 Å². The molecule has 2 aromatic rings. The summed E-state index contributed by atoms with van der Waals surface area (Å²) in [7, 11) is 0. The maximum atomic E-state index is 6.09. The Bertz CT molecular complexity index is 530. The summed E-state index contributed by atoms with van der Waals surface area (Å²) >= 11 is 3.91. The minimum Gasteiger partial charge on any atom is -0.329 e. The summed E-state index contributed by atoms with van der Waals surface area (Å²) in [6, 6.07) is 9.06. The van der Waals surface area contributed by atoms with Crippen molar-refractivity contribution < 1.29 is 0 Å². The molecule has 1 aromatic carbocycles. The Labute approximate surface area is 123 Å². The first-order valence-corrected chi connectivity index (χ1v) is 8.91. The van der Waals surface area contributed by atoms with Gasteiger partial charge in [0.15, 0.2) is 0 Å². The molecule has 0 radical (unpaired) electrons. The molecule has 3 rings (SSSR count). The molecule has 1 aliphatic rings. The van der Waals surface area contributed by atoms with E-state index >= 15 is 0 Å². The van der Waals surface area contributed by atoms with Crippen LogP contribution in [0.5, 0.6) is 0 Å². The maximum Gasteiger partial charge on any atom is 0.0485 e. The maximum absolute atomic E-state index is 6.09. The Morgan fingerprint density at radius 1 is 1.21 bits per heavy atom. The quantitative estimate of drug-likeness (QED) is 0.941. The van der Waals surface area contributed by atoms with Gasteiger partial charge in [0.2, 0.25) is 0 Å². The Hall–Kier alpha value is -0.550. The Morgan fingerprint density at radius 3 is 3.00 bits per heavy atom. The summed E-state index contributed by atoms with van der Waals surface area (Å²) in [5, 5.41) is 3.69. The molecule has 1 atom stereocenters. The van der Waals surface area contributed by atoms with E-state index in [0.29, 0.717) is 12.6 Å². The van der Waals surface area contributed by atoms with Gasteiger partial charge in [-0.2, -0.15) is 11.8 Å². The van der Waals surface area contributed by atoms with Crippen LogP contribution in [0.15, 0.2) is 29.6 Å². The van der Waals surface area contributed by atoms with E-state index in [-0.39, 0.29) is 0 Å². The second-order valence-corrected chi connectivity index (χ2v) is 7.08. The lowest BCUT2D eigenvalue weighted by atomic mass is 10.0. The van der Waals surface area contributed by atoms with Crippen molar-refractivity contribution in [1.82, 2.24) is 4.90 Å². The van der Waals surface area contributed by atoms with Gasteiger partial charge in [0.25, 0.3) is 0 Å². The number of nitrogens with zero attached hydrogens (tertiary/aromatic N) is 1. The van der Waals surface area contributed by atoms with Gasteiger partial charge in [-0.05, 0) is 41.1 Å². The van der Waals surface area contributed by atoms with Crippen LogP contribution in [0.4, 0.5) is 0 Å². The normalized spacial score (nSPS) is 19.4. The Kier molecular flexibility index (Phi) is 4.43. The summed E-state index contributed by atoms with van der Waals surface area (Å²) < 4.78 is 1.38. The SMILES string of the molecule is NCC(c1csc2ccccc12)N1CCCSCC1. The summed E-state index contributed by atoms with van der Waals surface area (Å²) in [6.07, 6.45) is 1.28. The van der Waals surface area contributed by atoms with Crippen molar-refractivity contribution in [2.75, 3.05) is 31.1 Å². The van der Waals surface area contributed by atoms with Crippen LogP contribution >= 0.6 is 23.1 Å². The van der Waals surface area contributed by atoms with Crippen LogP contribution in [0.3, 0.4) is 0 Å². The van der Waals surface area contributed by atoms with Gasteiger partial charge in [-0.3, -0.25) is 4.90 Å². The third-order valence-electron chi connectivity index (χ3n) is 3.79. The van der Waals surface area contributed by atoms with E-state index < -0.39 is 0 Å². The van der Waals surface area contributed by atoms with Crippen LogP contribution in [0, 0.1) is 0 Å². The van der Waals surface area contributed by atoms with E-state index in [0.717, 1.165) is 6.54 Å². The zero-order valence-electron chi connectivity index (χ0n) is 11.0. The zero-order valence-corrected chi connectivity index (χ0v) is 12.7. The fraction of sp³-hybridized carbons (Fsp3) is 0.467. The van der Waals surface area contributed by atoms with Gasteiger partial charge in [0, 0.05) is 29.6 Å². The smallest absolute Gasteiger partial charge is 0.0485 e. The second kappa shape index (κ2) is 6.27. The van der Waals surface area contributed by atoms with E-state index in [4.69, 9.17) is 5.73 Å². The first kappa shape index (κ1) is 13.4. The van der Waals surface area contributed by atoms with Crippen molar-refractivity contribution in [3.63, 3.8) is 0 Å². The molecule has 19 heavy (non-hydrogen) atoms. The van der Waals surface area contributed by atoms with Gasteiger partial charge in [-0.15, -0.1) is 11.3 Å². The zero-order chi connectivity index (χ0) is 13.1. The highest BCUT2D eigenvalue weighted by Crippen LogP contribution is 2.33. The first-order chi connectivity index (χ1) is 9.40. The topological polar surface area (TPSA) is 29.3 Å². The van der Waals surface area contributed by atoms with Crippen molar-refractivity contribution in [3.05, 3.63) is 35.2 Å². The highest BCUT2D eigenvalue weighted by atomic mass is 32.2. The lowest BCUT2D eigenvalue weighted by molar-refractivity contribution is 0.219. The van der Waals surface area contributed by atoms with E-state index in [2.05, 4.69) is 46.3 Å². The molecule has 1 saturated heterocycles. The van der Waals surface area contributed by atoms with E-state index in [9.17, 15) is 0 Å². The minimum absolute atomic E-state index is 0.384. The standard InChI is InChI=1S/C15H20N2S2/c16-10-14(17-6-3-8-18-9-7-17)13-11-19-15-5-2-1-4-12(13)15/h1-2,4-5,11,14H,3,6-10,16H2. The summed E-state index contributed by atoms with van der Waals surface area (Å²) in [5.41, 5.74) is 7.52. The highest BCUT2D eigenvalue weighted by molar-refractivity contribution is 7.99. The van der Waals surface area contributed by atoms with Crippen molar-refractivity contribution in [2.45, 2.75) is 12.5 Å². The number of hydrogen-bond acceptors (Lipinski definition) is 4. The molecule has 102 valence electrons. The lowest BCUT2D eigenvalue weighted by Crippen LogP contribution is -2.35. The predicted octanol–water partition coefficient (Wildman–Crippen LogP) is 3.34. The summed E-state index contributed by atoms with van der Waals surface area (Å²) in [4.78, 5) is 2.58. The molecular formula is C15H20N2S2. The molecule has 4 heteroatoms. The fourth-order valence-corrected chi connectivity index (χ4v) is 4.72. The monoisotopic (exact) mass is 292 g/mol. The number of thioether (sulfide) groups is 1. The molecule has 0 bridgehead atoms. The largest absolute Gasteiger partial charge is 0.329 e. The highest BCUT2D eigenvalue weighted by Gasteiger charge is 2.22. The lowest BCUT2D eigenvalue weighted by Gasteiger charge is -2.29. The van der Waals surface area contributed by atoms with Gasteiger partial charge < -0.3 is 5.73 Å². The van der Waals surface area contributed by atoms with E-state index in [1.807, 2.05) is 11.3 Å². The molecule has 2 nitrogen and oxygen atoms in total. The number of fused-ring (bicyclic) bond motifs is 1.